The average Bonchev–Trinajstić information content (AvgIpc) is 3.45. The van der Waals surface area contributed by atoms with E-state index in [9.17, 15) is 18.0 Å². The van der Waals surface area contributed by atoms with Crippen LogP contribution in [0.25, 0.3) is 10.9 Å². The summed E-state index contributed by atoms with van der Waals surface area (Å²) in [5.41, 5.74) is 0.746. The maximum absolute atomic E-state index is 13.3. The van der Waals surface area contributed by atoms with Gasteiger partial charge in [0, 0.05) is 44.7 Å². The van der Waals surface area contributed by atoms with Crippen molar-refractivity contribution in [2.45, 2.75) is 56.9 Å². The smallest absolute Gasteiger partial charge is 0.328 e. The zero-order valence-electron chi connectivity index (χ0n) is 21.1. The molecule has 9 nitrogen and oxygen atoms in total. The van der Waals surface area contributed by atoms with Crippen molar-refractivity contribution in [3.05, 3.63) is 36.0 Å². The summed E-state index contributed by atoms with van der Waals surface area (Å²) in [6.45, 7) is 0.577. The van der Waals surface area contributed by atoms with Crippen LogP contribution in [0.4, 0.5) is 4.79 Å². The summed E-state index contributed by atoms with van der Waals surface area (Å²) in [4.78, 5) is 31.8. The number of nitrogens with one attached hydrogen (secondary N) is 1. The summed E-state index contributed by atoms with van der Waals surface area (Å²) in [6, 6.07) is 7.39. The molecular formula is C26H35N5O4S. The molecule has 194 valence electrons. The lowest BCUT2D eigenvalue weighted by Crippen LogP contribution is -2.51. The molecule has 2 fully saturated rings. The first-order valence-electron chi connectivity index (χ1n) is 12.9. The Bertz CT molecular complexity index is 1300. The summed E-state index contributed by atoms with van der Waals surface area (Å²) in [6.07, 6.45) is 8.54. The zero-order chi connectivity index (χ0) is 25.5. The number of aliphatic imine (C=N–C) groups is 1. The predicted molar refractivity (Wildman–Crippen MR) is 140 cm³/mol. The van der Waals surface area contributed by atoms with E-state index in [-0.39, 0.29) is 30.8 Å². The van der Waals surface area contributed by atoms with Gasteiger partial charge in [0.15, 0.2) is 0 Å². The van der Waals surface area contributed by atoms with Crippen LogP contribution in [0, 0.1) is 5.92 Å². The van der Waals surface area contributed by atoms with Gasteiger partial charge < -0.3 is 10.2 Å². The number of fused-ring (bicyclic) bond motifs is 1. The number of amidine groups is 1. The molecule has 0 bridgehead atoms. The van der Waals surface area contributed by atoms with Gasteiger partial charge in [-0.2, -0.15) is 0 Å². The van der Waals surface area contributed by atoms with Crippen molar-refractivity contribution < 1.29 is 18.0 Å². The van der Waals surface area contributed by atoms with Crippen LogP contribution in [-0.2, 0) is 21.2 Å². The average molecular weight is 514 g/mol. The molecule has 1 saturated carbocycles. The van der Waals surface area contributed by atoms with Gasteiger partial charge in [0.25, 0.3) is 5.91 Å². The second kappa shape index (κ2) is 9.63. The van der Waals surface area contributed by atoms with E-state index >= 15 is 0 Å². The Morgan fingerprint density at radius 1 is 1.14 bits per heavy atom. The van der Waals surface area contributed by atoms with Gasteiger partial charge in [0.1, 0.15) is 11.4 Å². The molecule has 2 aliphatic heterocycles. The highest BCUT2D eigenvalue weighted by molar-refractivity contribution is 7.89. The van der Waals surface area contributed by atoms with E-state index in [4.69, 9.17) is 4.99 Å². The summed E-state index contributed by atoms with van der Waals surface area (Å²) in [7, 11) is -0.149. The third-order valence-corrected chi connectivity index (χ3v) is 9.82. The highest BCUT2D eigenvalue weighted by Gasteiger charge is 2.48. The molecule has 36 heavy (non-hydrogen) atoms. The number of aromatic nitrogens is 1. The molecule has 1 aromatic carbocycles. The molecule has 1 saturated heterocycles. The molecule has 5 rings (SSSR count). The number of hydrogen-bond donors (Lipinski definition) is 1. The minimum absolute atomic E-state index is 0.0523. The number of carbonyl (C=O) groups is 2. The number of para-hydroxylation sites is 1. The van der Waals surface area contributed by atoms with Crippen molar-refractivity contribution in [3.8, 4) is 0 Å². The van der Waals surface area contributed by atoms with Crippen LogP contribution in [0.1, 0.15) is 50.5 Å². The molecule has 3 heterocycles. The molecule has 3 aliphatic rings. The molecule has 0 unspecified atom stereocenters. The Hall–Kier alpha value is -2.72. The fourth-order valence-corrected chi connectivity index (χ4v) is 7.27. The standard InChI is InChI=1S/C26H35N5O4S/c1-29(2)25(33)31-15-11-19-9-6-10-20(22(19)31)12-18-36(34,35)30-16-13-26(14-17-30)24(32)27-23(28-26)21-7-4-3-5-8-21/h6,9-11,15,21H,3-5,7-8,12-14,16-18H2,1-2H3,(H,27,28,32). The van der Waals surface area contributed by atoms with Crippen LogP contribution in [0.15, 0.2) is 35.5 Å². The van der Waals surface area contributed by atoms with E-state index in [1.807, 2.05) is 24.3 Å². The Morgan fingerprint density at radius 3 is 2.56 bits per heavy atom. The molecule has 1 aliphatic carbocycles. The molecule has 2 aromatic rings. The highest BCUT2D eigenvalue weighted by Crippen LogP contribution is 2.35. The summed E-state index contributed by atoms with van der Waals surface area (Å²) in [5, 5.41) is 3.93. The van der Waals surface area contributed by atoms with Crippen LogP contribution < -0.4 is 5.32 Å². The number of nitrogens with zero attached hydrogens (tertiary/aromatic N) is 4. The van der Waals surface area contributed by atoms with E-state index in [1.165, 1.54) is 28.5 Å². The fraction of sp³-hybridized carbons (Fsp3) is 0.577. The first-order chi connectivity index (χ1) is 17.2. The molecule has 10 heteroatoms. The summed E-state index contributed by atoms with van der Waals surface area (Å²) >= 11 is 0. The third-order valence-electron chi connectivity index (χ3n) is 7.95. The van der Waals surface area contributed by atoms with Crippen LogP contribution in [0.3, 0.4) is 0 Å². The second-order valence-electron chi connectivity index (χ2n) is 10.5. The van der Waals surface area contributed by atoms with Crippen molar-refractivity contribution in [1.82, 2.24) is 19.1 Å². The van der Waals surface area contributed by atoms with Crippen LogP contribution in [0.5, 0.6) is 0 Å². The molecular weight excluding hydrogens is 478 g/mol. The van der Waals surface area contributed by atoms with Crippen molar-refractivity contribution in [2.24, 2.45) is 10.9 Å². The van der Waals surface area contributed by atoms with E-state index in [1.54, 1.807) is 24.9 Å². The van der Waals surface area contributed by atoms with Crippen molar-refractivity contribution in [2.75, 3.05) is 32.9 Å². The lowest BCUT2D eigenvalue weighted by molar-refractivity contribution is -0.125. The van der Waals surface area contributed by atoms with Crippen molar-refractivity contribution in [1.29, 1.82) is 0 Å². The van der Waals surface area contributed by atoms with Crippen LogP contribution in [0.2, 0.25) is 0 Å². The number of piperidine rings is 1. The zero-order valence-corrected chi connectivity index (χ0v) is 21.9. The van der Waals surface area contributed by atoms with E-state index in [0.717, 1.165) is 35.1 Å². The number of aryl methyl sites for hydroxylation is 1. The number of carbonyl (C=O) groups excluding carboxylic acids is 2. The normalized spacial score (nSPS) is 21.1. The molecule has 0 atom stereocenters. The van der Waals surface area contributed by atoms with Crippen molar-refractivity contribution >= 4 is 38.7 Å². The Balaban J connectivity index is 1.27. The minimum atomic E-state index is -3.53. The van der Waals surface area contributed by atoms with Gasteiger partial charge in [-0.05, 0) is 43.7 Å². The maximum Gasteiger partial charge on any atom is 0.328 e. The summed E-state index contributed by atoms with van der Waals surface area (Å²) in [5.74, 6) is 1.02. The summed E-state index contributed by atoms with van der Waals surface area (Å²) < 4.78 is 29.6. The van der Waals surface area contributed by atoms with Crippen molar-refractivity contribution in [3.63, 3.8) is 0 Å². The van der Waals surface area contributed by atoms with Gasteiger partial charge in [-0.25, -0.2) is 17.5 Å². The first kappa shape index (κ1) is 25.0. The van der Waals surface area contributed by atoms with Gasteiger partial charge in [-0.3, -0.25) is 14.4 Å². The number of hydrogen-bond acceptors (Lipinski definition) is 5. The molecule has 0 radical (unpaired) electrons. The first-order valence-corrected chi connectivity index (χ1v) is 14.5. The lowest BCUT2D eigenvalue weighted by Gasteiger charge is -2.34. The Kier molecular flexibility index (Phi) is 6.67. The van der Waals surface area contributed by atoms with Crippen LogP contribution >= 0.6 is 0 Å². The van der Waals surface area contributed by atoms with E-state index in [0.29, 0.717) is 25.2 Å². The molecule has 1 aromatic heterocycles. The SMILES string of the molecule is CN(C)C(=O)n1ccc2cccc(CCS(=O)(=O)N3CCC4(CC3)N=C(C3CCCCC3)NC4=O)c21. The van der Waals surface area contributed by atoms with Gasteiger partial charge in [0.05, 0.1) is 11.3 Å². The van der Waals surface area contributed by atoms with Gasteiger partial charge in [-0.15, -0.1) is 0 Å². The van der Waals surface area contributed by atoms with Gasteiger partial charge in [-0.1, -0.05) is 37.5 Å². The number of rotatable bonds is 5. The third kappa shape index (κ3) is 4.56. The Morgan fingerprint density at radius 2 is 1.86 bits per heavy atom. The number of sulfonamides is 1. The Labute approximate surface area is 212 Å². The topological polar surface area (TPSA) is 104 Å². The number of benzene rings is 1. The highest BCUT2D eigenvalue weighted by atomic mass is 32.2. The quantitative estimate of drug-likeness (QED) is 0.664. The van der Waals surface area contributed by atoms with E-state index < -0.39 is 15.6 Å². The second-order valence-corrected chi connectivity index (χ2v) is 12.6. The van der Waals surface area contributed by atoms with Gasteiger partial charge in [0.2, 0.25) is 10.0 Å². The van der Waals surface area contributed by atoms with Gasteiger partial charge >= 0.3 is 6.03 Å². The largest absolute Gasteiger partial charge is 0.330 e. The lowest BCUT2D eigenvalue weighted by atomic mass is 9.88. The molecule has 1 spiro atoms. The fourth-order valence-electron chi connectivity index (χ4n) is 5.80. The van der Waals surface area contributed by atoms with E-state index in [2.05, 4.69) is 5.32 Å². The maximum atomic E-state index is 13.3. The minimum Gasteiger partial charge on any atom is -0.330 e. The monoisotopic (exact) mass is 513 g/mol. The molecule has 2 amide bonds. The molecule has 1 N–H and O–H groups in total. The number of amides is 2. The predicted octanol–water partition coefficient (Wildman–Crippen LogP) is 2.99. The van der Waals surface area contributed by atoms with Crippen LogP contribution in [-0.4, -0.2) is 78.4 Å².